The highest BCUT2D eigenvalue weighted by Crippen LogP contribution is 2.28. The number of rotatable bonds is 3. The summed E-state index contributed by atoms with van der Waals surface area (Å²) in [6, 6.07) is 0. The van der Waals surface area contributed by atoms with Crippen molar-refractivity contribution in [1.29, 1.82) is 0 Å². The number of likely N-dealkylation sites (tertiary alicyclic amines) is 1. The summed E-state index contributed by atoms with van der Waals surface area (Å²) in [4.78, 5) is 18.8. The molecule has 0 aromatic rings. The minimum atomic E-state index is -1.81. The van der Waals surface area contributed by atoms with Crippen molar-refractivity contribution in [3.63, 3.8) is 0 Å². The van der Waals surface area contributed by atoms with E-state index in [4.69, 9.17) is 17.3 Å². The maximum Gasteiger partial charge on any atom is 0.242 e. The van der Waals surface area contributed by atoms with Gasteiger partial charge in [-0.05, 0) is 26.0 Å². The summed E-state index contributed by atoms with van der Waals surface area (Å²) in [5, 5.41) is 13.5. The monoisotopic (exact) mass is 421 g/mol. The number of carbonyl (C=O) groups is 1. The number of halogens is 2. The first-order valence-electron chi connectivity index (χ1n) is 9.50. The van der Waals surface area contributed by atoms with Crippen LogP contribution in [0.5, 0.6) is 0 Å². The zero-order chi connectivity index (χ0) is 20.8. The second kappa shape index (κ2) is 7.16. The first-order chi connectivity index (χ1) is 13.6. The van der Waals surface area contributed by atoms with Gasteiger partial charge in [-0.15, -0.1) is 0 Å². The molecule has 4 rings (SSSR count). The molecule has 0 aromatic heterocycles. The number of dihydropyridines is 1. The van der Waals surface area contributed by atoms with Crippen molar-refractivity contribution in [1.82, 2.24) is 26.2 Å². The lowest BCUT2D eigenvalue weighted by Crippen LogP contribution is -2.61. The minimum absolute atomic E-state index is 0.0883. The van der Waals surface area contributed by atoms with Gasteiger partial charge in [-0.1, -0.05) is 11.6 Å². The zero-order valence-electron chi connectivity index (χ0n) is 16.3. The van der Waals surface area contributed by atoms with Gasteiger partial charge in [0, 0.05) is 42.7 Å². The third-order valence-corrected chi connectivity index (χ3v) is 5.52. The summed E-state index contributed by atoms with van der Waals surface area (Å²) in [5.41, 5.74) is 6.46. The predicted molar refractivity (Wildman–Crippen MR) is 110 cm³/mol. The average molecular weight is 422 g/mol. The number of alkyl halides is 1. The maximum atomic E-state index is 13.9. The van der Waals surface area contributed by atoms with E-state index in [9.17, 15) is 9.18 Å². The Morgan fingerprint density at radius 3 is 3.03 bits per heavy atom. The highest BCUT2D eigenvalue weighted by molar-refractivity contribution is 6.31. The van der Waals surface area contributed by atoms with Gasteiger partial charge in [0.15, 0.2) is 5.79 Å². The van der Waals surface area contributed by atoms with Crippen LogP contribution >= 0.6 is 11.6 Å². The molecule has 10 heteroatoms. The number of nitrogens with one attached hydrogen (secondary N) is 4. The molecule has 1 saturated heterocycles. The third kappa shape index (κ3) is 4.03. The van der Waals surface area contributed by atoms with Crippen LogP contribution in [0, 0.1) is 0 Å². The van der Waals surface area contributed by atoms with Gasteiger partial charge in [0.1, 0.15) is 12.0 Å². The Morgan fingerprint density at radius 1 is 1.52 bits per heavy atom. The molecule has 1 fully saturated rings. The van der Waals surface area contributed by atoms with Crippen LogP contribution in [0.15, 0.2) is 51.5 Å². The van der Waals surface area contributed by atoms with E-state index in [2.05, 4.69) is 26.3 Å². The number of hydrogen-bond donors (Lipinski definition) is 5. The second-order valence-corrected chi connectivity index (χ2v) is 8.61. The maximum absolute atomic E-state index is 13.9. The Kier molecular flexibility index (Phi) is 4.92. The smallest absolute Gasteiger partial charge is 0.242 e. The van der Waals surface area contributed by atoms with Crippen LogP contribution in [-0.4, -0.2) is 53.8 Å². The number of nitrogens with two attached hydrogens (primary N) is 1. The van der Waals surface area contributed by atoms with Crippen molar-refractivity contribution in [2.45, 2.75) is 43.9 Å². The third-order valence-electron chi connectivity index (χ3n) is 5.31. The summed E-state index contributed by atoms with van der Waals surface area (Å²) in [6.07, 6.45) is 8.71. The van der Waals surface area contributed by atoms with Crippen molar-refractivity contribution in [3.05, 3.63) is 46.6 Å². The Bertz CT molecular complexity index is 874. The molecule has 0 aromatic carbocycles. The molecule has 29 heavy (non-hydrogen) atoms. The topological polar surface area (TPSA) is 107 Å². The lowest BCUT2D eigenvalue weighted by molar-refractivity contribution is -0.136. The molecule has 4 heterocycles. The highest BCUT2D eigenvalue weighted by Gasteiger charge is 2.42. The molecule has 4 aliphatic rings. The normalized spacial score (nSPS) is 33.5. The number of amides is 1. The molecule has 0 bridgehead atoms. The van der Waals surface area contributed by atoms with Crippen molar-refractivity contribution in [2.75, 3.05) is 13.1 Å². The lowest BCUT2D eigenvalue weighted by Gasteiger charge is -2.35. The van der Waals surface area contributed by atoms with Crippen LogP contribution in [0.1, 0.15) is 20.3 Å². The van der Waals surface area contributed by atoms with Gasteiger partial charge in [-0.25, -0.2) is 4.39 Å². The molecule has 6 N–H and O–H groups in total. The first-order valence-corrected chi connectivity index (χ1v) is 9.88. The van der Waals surface area contributed by atoms with Gasteiger partial charge in [0.2, 0.25) is 5.91 Å². The van der Waals surface area contributed by atoms with Crippen LogP contribution in [-0.2, 0) is 4.79 Å². The molecule has 8 nitrogen and oxygen atoms in total. The number of nitrogens with zero attached hydrogens (tertiary/aromatic N) is 2. The summed E-state index contributed by atoms with van der Waals surface area (Å²) in [6.45, 7) is 3.78. The SMILES string of the molecule is CC(C)(NC1C=CNC(=C2C=NC3NC=C(Cl)C=C23)N1)C(=O)N1CC[C@](N)(F)C1. The first kappa shape index (κ1) is 19.9. The molecule has 0 radical (unpaired) electrons. The summed E-state index contributed by atoms with van der Waals surface area (Å²) in [5.74, 6) is -1.25. The zero-order valence-corrected chi connectivity index (χ0v) is 17.1. The van der Waals surface area contributed by atoms with E-state index in [0.717, 1.165) is 17.0 Å². The van der Waals surface area contributed by atoms with E-state index in [0.29, 0.717) is 11.6 Å². The van der Waals surface area contributed by atoms with E-state index in [-0.39, 0.29) is 31.2 Å². The van der Waals surface area contributed by atoms with E-state index < -0.39 is 11.3 Å². The van der Waals surface area contributed by atoms with Crippen LogP contribution in [0.3, 0.4) is 0 Å². The van der Waals surface area contributed by atoms with Crippen LogP contribution in [0.25, 0.3) is 0 Å². The molecule has 2 unspecified atom stereocenters. The Balaban J connectivity index is 1.47. The Labute approximate surface area is 173 Å². The number of aliphatic imine (C=N–C) groups is 1. The molecule has 0 aliphatic carbocycles. The van der Waals surface area contributed by atoms with Gasteiger partial charge in [0.25, 0.3) is 0 Å². The minimum Gasteiger partial charge on any atom is -0.365 e. The lowest BCUT2D eigenvalue weighted by atomic mass is 10.0. The van der Waals surface area contributed by atoms with Crippen LogP contribution < -0.4 is 27.0 Å². The van der Waals surface area contributed by atoms with E-state index >= 15 is 0 Å². The summed E-state index contributed by atoms with van der Waals surface area (Å²) in [7, 11) is 0. The van der Waals surface area contributed by atoms with Crippen molar-refractivity contribution in [2.24, 2.45) is 10.7 Å². The molecule has 156 valence electrons. The molecular weight excluding hydrogens is 397 g/mol. The Morgan fingerprint density at radius 2 is 2.31 bits per heavy atom. The molecule has 4 aliphatic heterocycles. The molecule has 1 amide bonds. The standard InChI is InChI=1S/C19H25ClFN7O/c1-18(2,17(29)28-6-4-19(21,22)10-28)27-14-3-5-23-16(26-14)13-9-25-15-12(13)7-11(20)8-24-15/h3,5,7-9,14-15,23-24,26-27H,4,6,10,22H2,1-2H3/t14?,15?,19-/m1/s1. The fourth-order valence-corrected chi connectivity index (χ4v) is 4.01. The fourth-order valence-electron chi connectivity index (χ4n) is 3.83. The van der Waals surface area contributed by atoms with E-state index in [1.165, 1.54) is 4.90 Å². The number of fused-ring (bicyclic) bond motifs is 1. The van der Waals surface area contributed by atoms with Crippen molar-refractivity contribution >= 4 is 23.7 Å². The van der Waals surface area contributed by atoms with Gasteiger partial charge < -0.3 is 20.9 Å². The molecule has 3 atom stereocenters. The second-order valence-electron chi connectivity index (χ2n) is 8.17. The predicted octanol–water partition coefficient (Wildman–Crippen LogP) is 0.476. The van der Waals surface area contributed by atoms with Crippen molar-refractivity contribution < 1.29 is 9.18 Å². The Hall–Kier alpha value is -2.36. The van der Waals surface area contributed by atoms with Crippen LogP contribution in [0.4, 0.5) is 4.39 Å². The van der Waals surface area contributed by atoms with Crippen molar-refractivity contribution in [3.8, 4) is 0 Å². The van der Waals surface area contributed by atoms with E-state index in [1.54, 1.807) is 32.5 Å². The average Bonchev–Trinajstić information content (AvgIpc) is 3.23. The fraction of sp³-hybridized carbons (Fsp3) is 0.474. The highest BCUT2D eigenvalue weighted by atomic mass is 35.5. The van der Waals surface area contributed by atoms with Gasteiger partial charge in [-0.2, -0.15) is 0 Å². The number of hydrogen-bond acceptors (Lipinski definition) is 7. The quantitative estimate of drug-likeness (QED) is 0.424. The molecular formula is C19H25ClFN7O. The van der Waals surface area contributed by atoms with Crippen LogP contribution in [0.2, 0.25) is 0 Å². The molecule has 0 spiro atoms. The molecule has 0 saturated carbocycles. The van der Waals surface area contributed by atoms with Gasteiger partial charge in [-0.3, -0.25) is 20.8 Å². The van der Waals surface area contributed by atoms with Gasteiger partial charge >= 0.3 is 0 Å². The number of carbonyl (C=O) groups excluding carboxylic acids is 1. The summed E-state index contributed by atoms with van der Waals surface area (Å²) < 4.78 is 13.9. The van der Waals surface area contributed by atoms with E-state index in [1.807, 2.05) is 12.2 Å². The van der Waals surface area contributed by atoms with Gasteiger partial charge in [0.05, 0.1) is 23.3 Å². The largest absolute Gasteiger partial charge is 0.365 e. The number of allylic oxidation sites excluding steroid dienone is 2. The summed E-state index contributed by atoms with van der Waals surface area (Å²) >= 11 is 6.12.